The fourth-order valence-electron chi connectivity index (χ4n) is 14.0. The summed E-state index contributed by atoms with van der Waals surface area (Å²) in [5.74, 6) is -0.641. The van der Waals surface area contributed by atoms with E-state index in [1.165, 1.54) is 32.8 Å². The highest BCUT2D eigenvalue weighted by Crippen LogP contribution is 2.57. The molecule has 0 amide bonds. The van der Waals surface area contributed by atoms with Crippen molar-refractivity contribution >= 4 is 88.7 Å². The summed E-state index contributed by atoms with van der Waals surface area (Å²) in [6, 6.07) is 79.6. The number of cyclic esters (lactones) is 2. The van der Waals surface area contributed by atoms with E-state index in [2.05, 4.69) is 191 Å². The third-order valence-electron chi connectivity index (χ3n) is 18.0. The Labute approximate surface area is 498 Å². The van der Waals surface area contributed by atoms with Gasteiger partial charge in [0.25, 0.3) is 0 Å². The van der Waals surface area contributed by atoms with Crippen molar-refractivity contribution in [2.75, 3.05) is 38.0 Å². The van der Waals surface area contributed by atoms with E-state index in [1.807, 2.05) is 111 Å². The maximum absolute atomic E-state index is 14.2. The second kappa shape index (κ2) is 20.1. The van der Waals surface area contributed by atoms with Gasteiger partial charge in [-0.1, -0.05) is 158 Å². The normalized spacial score (nSPS) is 14.0. The molecule has 0 spiro atoms. The van der Waals surface area contributed by atoms with Crippen molar-refractivity contribution in [2.24, 2.45) is 0 Å². The second-order valence-corrected chi connectivity index (χ2v) is 22.9. The number of ether oxygens (including phenoxy) is 2. The van der Waals surface area contributed by atoms with Gasteiger partial charge in [-0.3, -0.25) is 0 Å². The molecule has 4 aromatic heterocycles. The van der Waals surface area contributed by atoms with Crippen LogP contribution in [-0.2, 0) is 33.8 Å². The highest BCUT2D eigenvalue weighted by atomic mass is 16.6. The molecule has 0 atom stereocenters. The molecule has 420 valence electrons. The van der Waals surface area contributed by atoms with Gasteiger partial charge in [-0.2, -0.15) is 0 Å². The van der Waals surface area contributed by atoms with Crippen molar-refractivity contribution in [3.8, 4) is 22.5 Å². The predicted octanol–water partition coefficient (Wildman–Crippen LogP) is 17.0. The Bertz CT molecular complexity index is 4800. The summed E-state index contributed by atoms with van der Waals surface area (Å²) in [4.78, 5) is 39.4. The predicted molar refractivity (Wildman–Crippen MR) is 350 cm³/mol. The number of para-hydroxylation sites is 4. The molecule has 6 heterocycles. The molecule has 16 rings (SSSR count). The van der Waals surface area contributed by atoms with Crippen LogP contribution in [0.25, 0.3) is 87.9 Å². The molecule has 10 aromatic carbocycles. The van der Waals surface area contributed by atoms with E-state index < -0.39 is 11.2 Å². The van der Waals surface area contributed by atoms with Crippen molar-refractivity contribution in [3.05, 3.63) is 275 Å². The lowest BCUT2D eigenvalue weighted by Crippen LogP contribution is -2.30. The number of hydrogen-bond donors (Lipinski definition) is 2. The number of carbonyl (C=O) groups is 2. The fraction of sp³-hybridized carbons (Fsp3) is 0.132. The van der Waals surface area contributed by atoms with Crippen molar-refractivity contribution in [3.63, 3.8) is 0 Å². The first kappa shape index (κ1) is 52.2. The summed E-state index contributed by atoms with van der Waals surface area (Å²) in [5, 5.41) is 6.72. The van der Waals surface area contributed by atoms with Crippen LogP contribution in [0.2, 0.25) is 0 Å². The number of H-pyrrole nitrogens is 2. The quantitative estimate of drug-likeness (QED) is 0.132. The first-order valence-corrected chi connectivity index (χ1v) is 29.5. The van der Waals surface area contributed by atoms with Crippen LogP contribution >= 0.6 is 0 Å². The van der Waals surface area contributed by atoms with E-state index in [0.29, 0.717) is 11.1 Å². The first-order chi connectivity index (χ1) is 42.0. The lowest BCUT2D eigenvalue weighted by Gasteiger charge is -2.32. The van der Waals surface area contributed by atoms with Gasteiger partial charge in [0.05, 0.1) is 22.5 Å². The molecule has 0 aliphatic carbocycles. The van der Waals surface area contributed by atoms with Crippen molar-refractivity contribution in [1.29, 1.82) is 0 Å². The van der Waals surface area contributed by atoms with E-state index in [4.69, 9.17) is 9.47 Å². The first-order valence-electron chi connectivity index (χ1n) is 29.5. The van der Waals surface area contributed by atoms with Gasteiger partial charge in [-0.15, -0.1) is 0 Å². The molecule has 0 unspecified atom stereocenters. The van der Waals surface area contributed by atoms with E-state index in [0.717, 1.165) is 113 Å². The molecule has 0 saturated heterocycles. The summed E-state index contributed by atoms with van der Waals surface area (Å²) in [6.07, 6.45) is 0. The third kappa shape index (κ3) is 7.71. The van der Waals surface area contributed by atoms with Crippen molar-refractivity contribution in [1.82, 2.24) is 19.1 Å². The van der Waals surface area contributed by atoms with Gasteiger partial charge in [-0.25, -0.2) is 9.59 Å². The van der Waals surface area contributed by atoms with E-state index in [-0.39, 0.29) is 11.9 Å². The molecular formula is C76H62N6O4. The van der Waals surface area contributed by atoms with Crippen molar-refractivity contribution in [2.45, 2.75) is 38.1 Å². The zero-order valence-corrected chi connectivity index (χ0v) is 48.8. The number of esters is 2. The van der Waals surface area contributed by atoms with Crippen LogP contribution in [-0.4, -0.2) is 59.2 Å². The highest BCUT2D eigenvalue weighted by Gasteiger charge is 2.54. The van der Waals surface area contributed by atoms with Crippen LogP contribution in [0.4, 0.5) is 11.4 Å². The minimum atomic E-state index is -1.26. The minimum absolute atomic E-state index is 0.300. The van der Waals surface area contributed by atoms with Gasteiger partial charge >= 0.3 is 11.9 Å². The number of aromatic nitrogens is 4. The van der Waals surface area contributed by atoms with E-state index in [1.54, 1.807) is 0 Å². The summed E-state index contributed by atoms with van der Waals surface area (Å²) in [7, 11) is 7.94. The number of nitrogens with zero attached hydrogens (tertiary/aromatic N) is 4. The summed E-state index contributed by atoms with van der Waals surface area (Å²) < 4.78 is 18.2. The molecule has 14 aromatic rings. The zero-order valence-electron chi connectivity index (χ0n) is 48.8. The van der Waals surface area contributed by atoms with Gasteiger partial charge in [-0.05, 0) is 97.8 Å². The number of carbonyl (C=O) groups excluding carboxylic acids is 2. The Kier molecular flexibility index (Phi) is 12.2. The number of anilines is 2. The summed E-state index contributed by atoms with van der Waals surface area (Å²) in [6.45, 7) is 6.11. The SMILES string of the molecule is CCn1c2ccccc2c2cc(C3(c4ccc5c(c4)c4ccccc4n5CC)OC(=O)c4cc(N(C)C)ccc43)ccc21.CN(C)c1ccc2c(c1)C(=O)OC2(c1c(-c2ccccc2)[nH]c2ccccc12)c1c(-c2ccccc2)[nH]c2ccccc12. The molecule has 2 aliphatic rings. The van der Waals surface area contributed by atoms with Crippen LogP contribution in [0.15, 0.2) is 231 Å². The number of hydrogen-bond acceptors (Lipinski definition) is 6. The molecular weight excluding hydrogens is 1060 g/mol. The lowest BCUT2D eigenvalue weighted by molar-refractivity contribution is 0.0247. The summed E-state index contributed by atoms with van der Waals surface area (Å²) in [5.41, 5.74) is 16.8. The Morgan fingerprint density at radius 3 is 1.19 bits per heavy atom. The van der Waals surface area contributed by atoms with Gasteiger partial charge < -0.3 is 38.4 Å². The number of nitrogens with one attached hydrogen (secondary N) is 2. The van der Waals surface area contributed by atoms with E-state index >= 15 is 0 Å². The molecule has 10 heteroatoms. The van der Waals surface area contributed by atoms with Crippen molar-refractivity contribution < 1.29 is 19.1 Å². The monoisotopic (exact) mass is 1120 g/mol. The largest absolute Gasteiger partial charge is 0.441 e. The second-order valence-electron chi connectivity index (χ2n) is 22.9. The average Bonchev–Trinajstić information content (AvgIpc) is 1.57. The van der Waals surface area contributed by atoms with Gasteiger partial charge in [0, 0.05) is 151 Å². The minimum Gasteiger partial charge on any atom is -0.441 e. The average molecular weight is 1120 g/mol. The molecule has 0 bridgehead atoms. The Hall–Kier alpha value is -10.6. The molecule has 0 radical (unpaired) electrons. The van der Waals surface area contributed by atoms with Gasteiger partial charge in [0.1, 0.15) is 0 Å². The Balaban J connectivity index is 0.000000145. The Morgan fingerprint density at radius 1 is 0.384 bits per heavy atom. The number of fused-ring (bicyclic) bond motifs is 10. The van der Waals surface area contributed by atoms with Crippen LogP contribution in [0.1, 0.15) is 67.9 Å². The van der Waals surface area contributed by atoms with Crippen LogP contribution in [0, 0.1) is 0 Å². The Morgan fingerprint density at radius 2 is 0.756 bits per heavy atom. The maximum atomic E-state index is 14.2. The number of aromatic amines is 2. The van der Waals surface area contributed by atoms with Gasteiger partial charge in [0.2, 0.25) is 0 Å². The molecule has 0 fully saturated rings. The smallest absolute Gasteiger partial charge is 0.340 e. The third-order valence-corrected chi connectivity index (χ3v) is 18.0. The number of benzene rings is 10. The zero-order chi connectivity index (χ0) is 58.6. The van der Waals surface area contributed by atoms with Crippen LogP contribution in [0.3, 0.4) is 0 Å². The fourth-order valence-corrected chi connectivity index (χ4v) is 14.0. The topological polar surface area (TPSA) is 101 Å². The molecule has 2 aliphatic heterocycles. The highest BCUT2D eigenvalue weighted by molar-refractivity contribution is 6.11. The van der Waals surface area contributed by atoms with Crippen LogP contribution < -0.4 is 9.80 Å². The summed E-state index contributed by atoms with van der Waals surface area (Å²) >= 11 is 0. The van der Waals surface area contributed by atoms with E-state index in [9.17, 15) is 9.59 Å². The molecule has 10 nitrogen and oxygen atoms in total. The van der Waals surface area contributed by atoms with Crippen LogP contribution in [0.5, 0.6) is 0 Å². The van der Waals surface area contributed by atoms with Gasteiger partial charge in [0.15, 0.2) is 11.2 Å². The standard InChI is InChI=1S/C38H29N3O2.C38H33N3O2/c1-41(2)26-21-22-30-29(23-26)37(42)43-38(30,33-27-17-9-11-19-31(27)39-35(33)24-13-5-3-6-14-24)34-28-18-10-12-20-32(28)40-36(34)25-15-7-4-8-16-25;1-5-40-33-13-9-7-11-27(33)29-21-24(15-19-35(29)40)38(32-18-17-26(39(3)4)23-31(32)37(42)43-38)25-16-20-36-30(22-25)28-12-8-10-14-34(28)41(36)6-2/h3-23,39-40H,1-2H3;7-23H,5-6H2,1-4H3. The molecule has 0 saturated carbocycles. The molecule has 86 heavy (non-hydrogen) atoms. The number of aryl methyl sites for hydroxylation is 2. The lowest BCUT2D eigenvalue weighted by atomic mass is 9.75. The maximum Gasteiger partial charge on any atom is 0.340 e. The molecule has 2 N–H and O–H groups in total. The number of rotatable bonds is 10.